The lowest BCUT2D eigenvalue weighted by molar-refractivity contribution is -0.142. The third-order valence-corrected chi connectivity index (χ3v) is 10.1. The van der Waals surface area contributed by atoms with Crippen LogP contribution in [0.2, 0.25) is 0 Å². The molecule has 2 aliphatic heterocycles. The molecule has 0 saturated carbocycles. The fourth-order valence-electron chi connectivity index (χ4n) is 7.37. The number of benzene rings is 2. The van der Waals surface area contributed by atoms with Crippen LogP contribution in [0, 0.1) is 5.41 Å². The first-order valence-corrected chi connectivity index (χ1v) is 18.9. The van der Waals surface area contributed by atoms with Crippen molar-refractivity contribution in [1.29, 1.82) is 0 Å². The van der Waals surface area contributed by atoms with Gasteiger partial charge in [0.1, 0.15) is 12.6 Å². The number of nitrogens with one attached hydrogen (secondary N) is 4. The van der Waals surface area contributed by atoms with E-state index in [4.69, 9.17) is 15.2 Å². The molecule has 0 radical (unpaired) electrons. The summed E-state index contributed by atoms with van der Waals surface area (Å²) in [6, 6.07) is 8.87. The Balaban J connectivity index is 0.898. The number of ketones is 1. The number of nitrogens with two attached hydrogens (primary N) is 1. The van der Waals surface area contributed by atoms with Gasteiger partial charge in [-0.3, -0.25) is 34.1 Å². The highest BCUT2D eigenvalue weighted by molar-refractivity contribution is 6.06. The molecular formula is C39H45F3N8O8. The minimum Gasteiger partial charge on any atom is -0.384 e. The molecule has 6 N–H and O–H groups in total. The van der Waals surface area contributed by atoms with Crippen molar-refractivity contribution in [1.82, 2.24) is 25.3 Å². The van der Waals surface area contributed by atoms with Crippen molar-refractivity contribution < 1.29 is 51.4 Å². The summed E-state index contributed by atoms with van der Waals surface area (Å²) in [6.45, 7) is 5.28. The monoisotopic (exact) mass is 810 g/mol. The maximum absolute atomic E-state index is 13.9. The second kappa shape index (κ2) is 17.4. The summed E-state index contributed by atoms with van der Waals surface area (Å²) in [5, 5.41) is 15.2. The third kappa shape index (κ3) is 9.47. The van der Waals surface area contributed by atoms with E-state index in [2.05, 4.69) is 26.4 Å². The number of halogens is 3. The lowest BCUT2D eigenvalue weighted by Gasteiger charge is -2.29. The van der Waals surface area contributed by atoms with Crippen LogP contribution in [0.1, 0.15) is 87.6 Å². The van der Waals surface area contributed by atoms with Crippen LogP contribution in [-0.4, -0.2) is 102 Å². The van der Waals surface area contributed by atoms with Crippen LogP contribution in [0.5, 0.6) is 0 Å². The van der Waals surface area contributed by atoms with Gasteiger partial charge in [0.25, 0.3) is 11.8 Å². The predicted octanol–water partition coefficient (Wildman–Crippen LogP) is 2.97. The third-order valence-electron chi connectivity index (χ3n) is 10.1. The summed E-state index contributed by atoms with van der Waals surface area (Å²) in [5.41, 5.74) is 6.04. The first-order valence-electron chi connectivity index (χ1n) is 18.9. The number of ether oxygens (including phenoxy) is 2. The standard InChI is InChI=1S/C39H45F3N8O8/c1-38(2)18-29-33(30(51)19-38)34(39(40,41)42)48-50(29)22-7-8-24(35(43)54)27(17-22)44-11-4-12-46-32(53)21-58-16-15-57-14-13-45-26-6-3-5-23-25(26)20-49(37(23)56)28-9-10-31(52)47-36(28)55/h3,5-8,17,28,44-45H,4,9-16,18-21H2,1-2H3,(H2,43,54)(H,46,53)(H,47,52,55). The summed E-state index contributed by atoms with van der Waals surface area (Å²) in [6.07, 6.45) is -3.83. The van der Waals surface area contributed by atoms with Crippen LogP contribution in [0.25, 0.3) is 5.69 Å². The summed E-state index contributed by atoms with van der Waals surface area (Å²) in [5.74, 6) is -2.82. The van der Waals surface area contributed by atoms with Crippen LogP contribution in [0.15, 0.2) is 36.4 Å². The molecule has 1 atom stereocenters. The number of carbonyl (C=O) groups excluding carboxylic acids is 6. The Morgan fingerprint density at radius 2 is 1.74 bits per heavy atom. The minimum atomic E-state index is -4.84. The average Bonchev–Trinajstić information content (AvgIpc) is 3.70. The van der Waals surface area contributed by atoms with Crippen LogP contribution in [0.4, 0.5) is 24.5 Å². The number of aromatic nitrogens is 2. The van der Waals surface area contributed by atoms with Crippen molar-refractivity contribution in [2.24, 2.45) is 11.1 Å². The molecular weight excluding hydrogens is 765 g/mol. The molecule has 16 nitrogen and oxygen atoms in total. The first kappa shape index (κ1) is 41.8. The average molecular weight is 811 g/mol. The number of piperidine rings is 1. The van der Waals surface area contributed by atoms with Gasteiger partial charge in [-0.05, 0) is 55.0 Å². The lowest BCUT2D eigenvalue weighted by atomic mass is 9.75. The fourth-order valence-corrected chi connectivity index (χ4v) is 7.37. The molecule has 0 bridgehead atoms. The number of fused-ring (bicyclic) bond motifs is 2. The number of hydrogen-bond acceptors (Lipinski definition) is 11. The maximum atomic E-state index is 13.9. The zero-order chi connectivity index (χ0) is 41.8. The Hall–Kier alpha value is -5.82. The van der Waals surface area contributed by atoms with E-state index in [1.54, 1.807) is 26.0 Å². The number of nitrogens with zero attached hydrogens (tertiary/aromatic N) is 3. The van der Waals surface area contributed by atoms with E-state index in [0.29, 0.717) is 25.1 Å². The Morgan fingerprint density at radius 1 is 0.983 bits per heavy atom. The summed E-state index contributed by atoms with van der Waals surface area (Å²) < 4.78 is 53.9. The molecule has 1 aliphatic carbocycles. The Kier molecular flexibility index (Phi) is 12.5. The molecule has 5 amide bonds. The van der Waals surface area contributed by atoms with Gasteiger partial charge in [0.2, 0.25) is 17.7 Å². The molecule has 3 aliphatic rings. The normalized spacial score (nSPS) is 17.5. The highest BCUT2D eigenvalue weighted by Crippen LogP contribution is 2.42. The topological polar surface area (TPSA) is 216 Å². The zero-order valence-corrected chi connectivity index (χ0v) is 32.1. The molecule has 3 heterocycles. The van der Waals surface area contributed by atoms with Crippen LogP contribution < -0.4 is 27.0 Å². The summed E-state index contributed by atoms with van der Waals surface area (Å²) in [4.78, 5) is 75.7. The number of carbonyl (C=O) groups is 6. The smallest absolute Gasteiger partial charge is 0.384 e. The zero-order valence-electron chi connectivity index (χ0n) is 32.1. The Morgan fingerprint density at radius 3 is 2.48 bits per heavy atom. The van der Waals surface area contributed by atoms with Crippen molar-refractivity contribution in [2.45, 2.75) is 64.7 Å². The molecule has 6 rings (SSSR count). The van der Waals surface area contributed by atoms with Gasteiger partial charge in [-0.2, -0.15) is 18.3 Å². The van der Waals surface area contributed by atoms with Gasteiger partial charge in [0.05, 0.1) is 42.3 Å². The Bertz CT molecular complexity index is 2120. The van der Waals surface area contributed by atoms with E-state index in [-0.39, 0.29) is 105 Å². The number of amides is 5. The van der Waals surface area contributed by atoms with Crippen LogP contribution in [0.3, 0.4) is 0 Å². The molecule has 3 aromatic rings. The van der Waals surface area contributed by atoms with E-state index in [1.807, 2.05) is 6.07 Å². The Labute approximate surface area is 331 Å². The van der Waals surface area contributed by atoms with Gasteiger partial charge in [-0.15, -0.1) is 0 Å². The molecule has 1 saturated heterocycles. The largest absolute Gasteiger partial charge is 0.435 e. The van der Waals surface area contributed by atoms with Crippen molar-refractivity contribution in [3.8, 4) is 5.69 Å². The predicted molar refractivity (Wildman–Crippen MR) is 202 cm³/mol. The summed E-state index contributed by atoms with van der Waals surface area (Å²) in [7, 11) is 0. The van der Waals surface area contributed by atoms with Gasteiger partial charge >= 0.3 is 6.18 Å². The number of Topliss-reactive ketones (excluding diaryl/α,β-unsaturated/α-hetero) is 1. The van der Waals surface area contributed by atoms with E-state index in [1.165, 1.54) is 23.1 Å². The number of primary amides is 1. The molecule has 1 aromatic heterocycles. The number of alkyl halides is 3. The lowest BCUT2D eigenvalue weighted by Crippen LogP contribution is -2.52. The molecule has 1 unspecified atom stereocenters. The molecule has 0 spiro atoms. The second-order valence-electron chi connectivity index (χ2n) is 15.1. The highest BCUT2D eigenvalue weighted by Gasteiger charge is 2.45. The van der Waals surface area contributed by atoms with Gasteiger partial charge in [-0.1, -0.05) is 19.9 Å². The molecule has 58 heavy (non-hydrogen) atoms. The SMILES string of the molecule is CC1(C)CC(=O)c2c(C(F)(F)F)nn(-c3ccc(C(N)=O)c(NCCCNC(=O)COCCOCCNc4cccc5c4CN(C4CCC(=O)NC4=O)C5=O)c3)c2C1. The van der Waals surface area contributed by atoms with Gasteiger partial charge < -0.3 is 36.1 Å². The maximum Gasteiger partial charge on any atom is 0.435 e. The fraction of sp³-hybridized carbons (Fsp3) is 0.462. The number of anilines is 2. The van der Waals surface area contributed by atoms with E-state index in [9.17, 15) is 41.9 Å². The van der Waals surface area contributed by atoms with Crippen molar-refractivity contribution >= 4 is 46.7 Å². The molecule has 2 aromatic carbocycles. The summed E-state index contributed by atoms with van der Waals surface area (Å²) >= 11 is 0. The molecule has 1 fully saturated rings. The van der Waals surface area contributed by atoms with Gasteiger partial charge in [-0.25, -0.2) is 4.68 Å². The van der Waals surface area contributed by atoms with Crippen LogP contribution >= 0.6 is 0 Å². The number of rotatable bonds is 17. The first-order chi connectivity index (χ1) is 27.5. The van der Waals surface area contributed by atoms with Gasteiger partial charge in [0, 0.05) is 61.5 Å². The van der Waals surface area contributed by atoms with Gasteiger partial charge in [0.15, 0.2) is 11.5 Å². The van der Waals surface area contributed by atoms with E-state index < -0.39 is 46.5 Å². The quantitative estimate of drug-likeness (QED) is 0.0987. The number of hydrogen-bond donors (Lipinski definition) is 5. The molecule has 19 heteroatoms. The highest BCUT2D eigenvalue weighted by atomic mass is 19.4. The van der Waals surface area contributed by atoms with E-state index in [0.717, 1.165) is 15.9 Å². The second-order valence-corrected chi connectivity index (χ2v) is 15.1. The minimum absolute atomic E-state index is 0.0421. The van der Waals surface area contributed by atoms with E-state index >= 15 is 0 Å². The van der Waals surface area contributed by atoms with Crippen LogP contribution in [-0.2, 0) is 43.0 Å². The van der Waals surface area contributed by atoms with Crippen molar-refractivity contribution in [2.75, 3.05) is 56.7 Å². The van der Waals surface area contributed by atoms with Crippen molar-refractivity contribution in [3.05, 3.63) is 70.0 Å². The van der Waals surface area contributed by atoms with Crippen molar-refractivity contribution in [3.63, 3.8) is 0 Å². The number of imide groups is 1. The molecule has 310 valence electrons.